The van der Waals surface area contributed by atoms with Crippen LogP contribution < -0.4 is 15.0 Å². The van der Waals surface area contributed by atoms with Crippen LogP contribution in [0.3, 0.4) is 0 Å². The van der Waals surface area contributed by atoms with Gasteiger partial charge in [0.2, 0.25) is 0 Å². The molecule has 138 valence electrons. The first kappa shape index (κ1) is 18.5. The summed E-state index contributed by atoms with van der Waals surface area (Å²) in [7, 11) is 1.58. The van der Waals surface area contributed by atoms with Crippen molar-refractivity contribution in [2.75, 3.05) is 30.4 Å². The molecule has 0 aliphatic carbocycles. The van der Waals surface area contributed by atoms with E-state index in [9.17, 15) is 10.1 Å². The van der Waals surface area contributed by atoms with Gasteiger partial charge < -0.3 is 15.0 Å². The van der Waals surface area contributed by atoms with Gasteiger partial charge in [-0.1, -0.05) is 12.1 Å². The van der Waals surface area contributed by atoms with Gasteiger partial charge in [-0.05, 0) is 67.3 Å². The summed E-state index contributed by atoms with van der Waals surface area (Å²) in [6.07, 6.45) is 5.36. The Bertz CT molecular complexity index is 843. The summed E-state index contributed by atoms with van der Waals surface area (Å²) in [5, 5.41) is 12.1. The second kappa shape index (κ2) is 8.91. The van der Waals surface area contributed by atoms with Crippen molar-refractivity contribution in [2.24, 2.45) is 0 Å². The van der Waals surface area contributed by atoms with Crippen molar-refractivity contribution in [3.8, 4) is 11.8 Å². The van der Waals surface area contributed by atoms with E-state index in [1.54, 1.807) is 37.5 Å². The Morgan fingerprint density at radius 1 is 1.07 bits per heavy atom. The number of carbonyl (C=O) groups excluding carboxylic acids is 1. The summed E-state index contributed by atoms with van der Waals surface area (Å²) < 4.78 is 5.10. The molecule has 1 heterocycles. The molecular formula is C22H23N3O2. The normalized spacial score (nSPS) is 14.4. The van der Waals surface area contributed by atoms with E-state index in [1.807, 2.05) is 30.3 Å². The predicted molar refractivity (Wildman–Crippen MR) is 108 cm³/mol. The highest BCUT2D eigenvalue weighted by atomic mass is 16.5. The lowest BCUT2D eigenvalue weighted by Crippen LogP contribution is -2.29. The van der Waals surface area contributed by atoms with Crippen LogP contribution in [0.15, 0.2) is 54.1 Å². The third-order valence-electron chi connectivity index (χ3n) is 4.64. The average Bonchev–Trinajstić information content (AvgIpc) is 2.73. The number of anilines is 2. The van der Waals surface area contributed by atoms with E-state index in [2.05, 4.69) is 10.2 Å². The van der Waals surface area contributed by atoms with Gasteiger partial charge in [-0.3, -0.25) is 4.79 Å². The molecule has 0 radical (unpaired) electrons. The van der Waals surface area contributed by atoms with E-state index in [1.165, 1.54) is 24.9 Å². The van der Waals surface area contributed by atoms with Gasteiger partial charge in [0, 0.05) is 24.5 Å². The molecule has 0 atom stereocenters. The van der Waals surface area contributed by atoms with Crippen LogP contribution in [0.4, 0.5) is 11.4 Å². The number of piperidine rings is 1. The number of hydrogen-bond donors (Lipinski definition) is 1. The van der Waals surface area contributed by atoms with Gasteiger partial charge in [0.1, 0.15) is 17.4 Å². The molecular weight excluding hydrogens is 338 g/mol. The van der Waals surface area contributed by atoms with Crippen molar-refractivity contribution in [3.05, 3.63) is 59.7 Å². The number of methoxy groups -OCH3 is 1. The van der Waals surface area contributed by atoms with Crippen molar-refractivity contribution in [2.45, 2.75) is 19.3 Å². The molecule has 3 rings (SSSR count). The molecule has 5 nitrogen and oxygen atoms in total. The van der Waals surface area contributed by atoms with Gasteiger partial charge in [0.05, 0.1) is 7.11 Å². The third-order valence-corrected chi connectivity index (χ3v) is 4.64. The predicted octanol–water partition coefficient (Wildman–Crippen LogP) is 4.23. The monoisotopic (exact) mass is 361 g/mol. The number of carbonyl (C=O) groups is 1. The zero-order chi connectivity index (χ0) is 19.1. The number of nitrogens with zero attached hydrogens (tertiary/aromatic N) is 2. The van der Waals surface area contributed by atoms with Crippen molar-refractivity contribution in [3.63, 3.8) is 0 Å². The van der Waals surface area contributed by atoms with Crippen LogP contribution in [-0.4, -0.2) is 26.1 Å². The maximum Gasteiger partial charge on any atom is 0.266 e. The molecule has 1 aliphatic heterocycles. The summed E-state index contributed by atoms with van der Waals surface area (Å²) in [5.74, 6) is 0.278. The highest BCUT2D eigenvalue weighted by Crippen LogP contribution is 2.21. The lowest BCUT2D eigenvalue weighted by atomic mass is 10.1. The van der Waals surface area contributed by atoms with Crippen molar-refractivity contribution >= 4 is 23.4 Å². The molecule has 27 heavy (non-hydrogen) atoms. The fraction of sp³-hybridized carbons (Fsp3) is 0.273. The quantitative estimate of drug-likeness (QED) is 0.639. The zero-order valence-corrected chi connectivity index (χ0v) is 15.4. The third kappa shape index (κ3) is 4.89. The molecule has 1 fully saturated rings. The molecule has 1 amide bonds. The van der Waals surface area contributed by atoms with Crippen LogP contribution in [0.25, 0.3) is 6.08 Å². The molecule has 1 aliphatic rings. The maximum atomic E-state index is 12.4. The molecule has 0 saturated carbocycles. The molecule has 0 unspecified atom stereocenters. The van der Waals surface area contributed by atoms with Gasteiger partial charge in [0.25, 0.3) is 5.91 Å². The van der Waals surface area contributed by atoms with Crippen molar-refractivity contribution < 1.29 is 9.53 Å². The van der Waals surface area contributed by atoms with Crippen LogP contribution in [0.1, 0.15) is 24.8 Å². The Morgan fingerprint density at radius 2 is 1.74 bits per heavy atom. The standard InChI is InChI=1S/C22H23N3O2/c1-27-21-11-7-19(8-12-21)24-22(26)18(16-23)15-17-5-9-20(10-6-17)25-13-3-2-4-14-25/h5-12,15H,2-4,13-14H2,1H3,(H,24,26)/b18-15+. The molecule has 0 bridgehead atoms. The van der Waals surface area contributed by atoms with Gasteiger partial charge >= 0.3 is 0 Å². The zero-order valence-electron chi connectivity index (χ0n) is 15.4. The van der Waals surface area contributed by atoms with Crippen LogP contribution in [0, 0.1) is 11.3 Å². The minimum Gasteiger partial charge on any atom is -0.497 e. The molecule has 0 spiro atoms. The summed E-state index contributed by atoms with van der Waals surface area (Å²) in [6, 6.07) is 17.0. The molecule has 5 heteroatoms. The van der Waals surface area contributed by atoms with Gasteiger partial charge in [0.15, 0.2) is 0 Å². The molecule has 1 saturated heterocycles. The highest BCUT2D eigenvalue weighted by molar-refractivity contribution is 6.09. The number of benzene rings is 2. The molecule has 2 aromatic rings. The van der Waals surface area contributed by atoms with E-state index < -0.39 is 5.91 Å². The second-order valence-electron chi connectivity index (χ2n) is 6.49. The minimum absolute atomic E-state index is 0.0662. The van der Waals surface area contributed by atoms with Crippen LogP contribution in [0.5, 0.6) is 5.75 Å². The summed E-state index contributed by atoms with van der Waals surface area (Å²) in [6.45, 7) is 2.17. The van der Waals surface area contributed by atoms with Gasteiger partial charge in [-0.2, -0.15) is 5.26 Å². The van der Waals surface area contributed by atoms with E-state index in [4.69, 9.17) is 4.74 Å². The Kier molecular flexibility index (Phi) is 6.11. The van der Waals surface area contributed by atoms with E-state index >= 15 is 0 Å². The number of hydrogen-bond acceptors (Lipinski definition) is 4. The minimum atomic E-state index is -0.428. The van der Waals surface area contributed by atoms with Gasteiger partial charge in [-0.15, -0.1) is 0 Å². The second-order valence-corrected chi connectivity index (χ2v) is 6.49. The fourth-order valence-electron chi connectivity index (χ4n) is 3.12. The summed E-state index contributed by atoms with van der Waals surface area (Å²) in [5.41, 5.74) is 2.70. The highest BCUT2D eigenvalue weighted by Gasteiger charge is 2.12. The Labute approximate surface area is 159 Å². The summed E-state index contributed by atoms with van der Waals surface area (Å²) in [4.78, 5) is 14.7. The largest absolute Gasteiger partial charge is 0.497 e. The van der Waals surface area contributed by atoms with E-state index in [0.29, 0.717) is 11.4 Å². The average molecular weight is 361 g/mol. The Morgan fingerprint density at radius 3 is 2.33 bits per heavy atom. The first-order valence-corrected chi connectivity index (χ1v) is 9.12. The Hall–Kier alpha value is -3.26. The SMILES string of the molecule is COc1ccc(NC(=O)/C(C#N)=C/c2ccc(N3CCCCC3)cc2)cc1. The summed E-state index contributed by atoms with van der Waals surface area (Å²) >= 11 is 0. The lowest BCUT2D eigenvalue weighted by Gasteiger charge is -2.28. The number of nitriles is 1. The smallest absolute Gasteiger partial charge is 0.266 e. The fourth-order valence-corrected chi connectivity index (χ4v) is 3.12. The van der Waals surface area contributed by atoms with Crippen molar-refractivity contribution in [1.82, 2.24) is 0 Å². The van der Waals surface area contributed by atoms with Crippen molar-refractivity contribution in [1.29, 1.82) is 5.26 Å². The lowest BCUT2D eigenvalue weighted by molar-refractivity contribution is -0.112. The van der Waals surface area contributed by atoms with Crippen LogP contribution in [-0.2, 0) is 4.79 Å². The van der Waals surface area contributed by atoms with Crippen LogP contribution in [0.2, 0.25) is 0 Å². The number of rotatable bonds is 5. The number of nitrogens with one attached hydrogen (secondary N) is 1. The maximum absolute atomic E-state index is 12.4. The first-order valence-electron chi connectivity index (χ1n) is 9.12. The first-order chi connectivity index (χ1) is 13.2. The topological polar surface area (TPSA) is 65.4 Å². The molecule has 1 N–H and O–H groups in total. The van der Waals surface area contributed by atoms with Gasteiger partial charge in [-0.25, -0.2) is 0 Å². The van der Waals surface area contributed by atoms with E-state index in [-0.39, 0.29) is 5.57 Å². The number of ether oxygens (including phenoxy) is 1. The van der Waals surface area contributed by atoms with E-state index in [0.717, 1.165) is 18.7 Å². The number of amides is 1. The molecule has 0 aromatic heterocycles. The van der Waals surface area contributed by atoms with Crippen LogP contribution >= 0.6 is 0 Å². The Balaban J connectivity index is 1.69. The molecule has 2 aromatic carbocycles.